The summed E-state index contributed by atoms with van der Waals surface area (Å²) in [5.41, 5.74) is -1.03. The molecule has 1 aliphatic rings. The van der Waals surface area contributed by atoms with Crippen molar-refractivity contribution in [3.05, 3.63) is 26.1 Å². The quantitative estimate of drug-likeness (QED) is 0.0577. The van der Waals surface area contributed by atoms with Crippen LogP contribution in [0.25, 0.3) is 0 Å². The van der Waals surface area contributed by atoms with Crippen LogP contribution >= 0.6 is 11.8 Å². The number of amides is 11. The van der Waals surface area contributed by atoms with Crippen LogP contribution in [0.3, 0.4) is 0 Å². The fourth-order valence-corrected chi connectivity index (χ4v) is 11.3. The maximum absolute atomic E-state index is 15.2. The van der Waals surface area contributed by atoms with Crippen molar-refractivity contribution in [2.75, 3.05) is 61.5 Å². The maximum Gasteiger partial charge on any atom is 2.00 e. The van der Waals surface area contributed by atoms with Gasteiger partial charge in [0, 0.05) is 48.7 Å². The first kappa shape index (κ1) is 97.4. The van der Waals surface area contributed by atoms with Crippen LogP contribution in [-0.4, -0.2) is 238 Å². The second-order valence-corrected chi connectivity index (χ2v) is 27.6. The van der Waals surface area contributed by atoms with E-state index in [1.165, 1.54) is 94.5 Å². The zero-order valence-corrected chi connectivity index (χ0v) is 63.5. The van der Waals surface area contributed by atoms with E-state index in [1.54, 1.807) is 74.5 Å². The number of nitrogens with one attached hydrogen (secondary N) is 4. The molecule has 0 aliphatic carbocycles. The molecule has 1 saturated heterocycles. The van der Waals surface area contributed by atoms with Crippen LogP contribution in [0, 0.1) is 49.5 Å². The monoisotopic (exact) mass is 1520 g/mol. The molecule has 0 aromatic carbocycles. The predicted octanol–water partition coefficient (Wildman–Crippen LogP) is 6.25. The number of allylic oxidation sites excluding steroid dienone is 2. The van der Waals surface area contributed by atoms with Gasteiger partial charge in [-0.15, -0.1) is 11.8 Å². The average Bonchev–Trinajstić information content (AvgIpc) is 0.809. The number of aliphatic hydroxyl groups is 1. The van der Waals surface area contributed by atoms with E-state index in [-0.39, 0.29) is 107 Å². The zero-order valence-electron chi connectivity index (χ0n) is 59.8. The van der Waals surface area contributed by atoms with Crippen LogP contribution in [-0.2, 0) is 78.5 Å². The maximum atomic E-state index is 15.2. The molecule has 0 spiro atoms. The van der Waals surface area contributed by atoms with Crippen molar-refractivity contribution in [1.82, 2.24) is 55.6 Å². The third kappa shape index (κ3) is 28.1. The Balaban J connectivity index is -0.00000528. The van der Waals surface area contributed by atoms with Crippen LogP contribution in [0.5, 0.6) is 0 Å². The van der Waals surface area contributed by atoms with E-state index >= 15 is 9.59 Å². The Morgan fingerprint density at radius 3 is 1.44 bits per heavy atom. The standard InChI is InChI=1S/C64H114N11O13S.3CH4.CH3.W/c1-26-28-29-41(13)53(77)52-57(81)67-44(27-2)59(83)69(18)34-49(76)70(19)48(33-64(16,17)88-35-89-25)56(80)68-50(39(9)10)62(86)71(20)45(30-36(3)4)55(79)65-42(14)54(78)66-43(15)58(82)72(21)46(31-37(5)6)60(84)73(22)47(32-38(7)8)61(85)74(23)51(40(11)12)63(87)75(52)24;;;;;/h26,28,34,36-48,50-53,77H,27,29-33,35H2,1-25H3,(H,65,79)(H,66,78)(H,67,81)(H,68,80);3*1H4;1H3;/q-1;;;;-1;+2/b28-26+;;;;;/t41-,42+,43-,44+,45+,46+,47+,48+,50+,51+,52+,53-;;;;;/m1...../s1. The van der Waals surface area contributed by atoms with Crippen molar-refractivity contribution in [3.8, 4) is 0 Å². The van der Waals surface area contributed by atoms with E-state index < -0.39 is 155 Å². The number of aliphatic hydroxyl groups excluding tert-OH is 1. The fourth-order valence-electron chi connectivity index (χ4n) is 10.8. The average molecular weight is 1520 g/mol. The van der Waals surface area contributed by atoms with Gasteiger partial charge in [0.15, 0.2) is 0 Å². The molecule has 12 atom stereocenters. The molecule has 11 amide bonds. The molecule has 5 N–H and O–H groups in total. The van der Waals surface area contributed by atoms with Gasteiger partial charge in [0.2, 0.25) is 59.1 Å². The Bertz CT molecular complexity index is 2450. The number of carbonyl (C=O) groups excluding carboxylic acids is 11. The molecular formula is C68H129N11O13SW. The summed E-state index contributed by atoms with van der Waals surface area (Å²) in [7, 11) is 9.75. The molecule has 1 heterocycles. The number of rotatable bonds is 18. The van der Waals surface area contributed by atoms with E-state index in [4.69, 9.17) is 4.74 Å². The number of hydrogen-bond donors (Lipinski definition) is 5. The largest absolute Gasteiger partial charge is 2.00 e. The topological polar surface area (TPSA) is 288 Å². The van der Waals surface area contributed by atoms with Gasteiger partial charge in [0.05, 0.1) is 17.6 Å². The molecule has 0 aromatic rings. The first-order valence-electron chi connectivity index (χ1n) is 31.4. The van der Waals surface area contributed by atoms with Gasteiger partial charge < -0.3 is 77.6 Å². The van der Waals surface area contributed by atoms with Crippen molar-refractivity contribution in [2.45, 2.75) is 251 Å². The molecule has 26 heteroatoms. The first-order valence-corrected chi connectivity index (χ1v) is 32.8. The van der Waals surface area contributed by atoms with Gasteiger partial charge in [-0.25, -0.2) is 6.54 Å². The summed E-state index contributed by atoms with van der Waals surface area (Å²) in [6, 6.07) is -12.8. The molecule has 0 bridgehead atoms. The molecule has 0 saturated carbocycles. The Morgan fingerprint density at radius 1 is 0.553 bits per heavy atom. The first-order chi connectivity index (χ1) is 41.1. The number of likely N-dealkylation sites (N-methyl/N-ethyl adjacent to an activating group) is 7. The molecule has 0 radical (unpaired) electrons. The van der Waals surface area contributed by atoms with Gasteiger partial charge in [0.1, 0.15) is 66.3 Å². The number of carbonyl (C=O) groups is 11. The zero-order chi connectivity index (χ0) is 69.0. The molecule has 0 aromatic heterocycles. The summed E-state index contributed by atoms with van der Waals surface area (Å²) in [6.45, 7) is 30.5. The molecule has 1 rings (SSSR count). The van der Waals surface area contributed by atoms with E-state index in [2.05, 4.69) is 21.3 Å². The summed E-state index contributed by atoms with van der Waals surface area (Å²) in [4.78, 5) is 170. The summed E-state index contributed by atoms with van der Waals surface area (Å²) < 4.78 is 6.10. The van der Waals surface area contributed by atoms with Crippen molar-refractivity contribution in [3.63, 3.8) is 0 Å². The van der Waals surface area contributed by atoms with Gasteiger partial charge >= 0.3 is 21.1 Å². The van der Waals surface area contributed by atoms with E-state index in [0.29, 0.717) is 6.42 Å². The molecule has 546 valence electrons. The predicted molar refractivity (Wildman–Crippen MR) is 373 cm³/mol. The van der Waals surface area contributed by atoms with Crippen LogP contribution in [0.15, 0.2) is 12.2 Å². The van der Waals surface area contributed by atoms with Gasteiger partial charge in [-0.1, -0.05) is 118 Å². The molecule has 1 fully saturated rings. The van der Waals surface area contributed by atoms with Crippen LogP contribution < -0.4 is 21.3 Å². The van der Waals surface area contributed by atoms with E-state index in [0.717, 1.165) is 21.2 Å². The van der Waals surface area contributed by atoms with Crippen LogP contribution in [0.4, 0.5) is 0 Å². The summed E-state index contributed by atoms with van der Waals surface area (Å²) >= 11 is 1.39. The third-order valence-electron chi connectivity index (χ3n) is 16.5. The number of nitrogens with zero attached hydrogens (tertiary/aromatic N) is 7. The Hall–Kier alpha value is -5.26. The van der Waals surface area contributed by atoms with Gasteiger partial charge in [-0.2, -0.15) is 0 Å². The van der Waals surface area contributed by atoms with E-state index in [1.807, 2.05) is 47.8 Å². The molecule has 1 aliphatic heterocycles. The van der Waals surface area contributed by atoms with Crippen molar-refractivity contribution in [1.29, 1.82) is 0 Å². The fraction of sp³-hybridized carbons (Fsp3) is 0.779. The Kier molecular flexibility index (Phi) is 46.2. The summed E-state index contributed by atoms with van der Waals surface area (Å²) in [5.74, 6) is -9.95. The van der Waals surface area contributed by atoms with Gasteiger partial charge in [-0.3, -0.25) is 47.9 Å². The number of ether oxygens (including phenoxy) is 1. The van der Waals surface area contributed by atoms with Crippen molar-refractivity contribution in [2.24, 2.45) is 35.5 Å². The van der Waals surface area contributed by atoms with Crippen LogP contribution in [0.2, 0.25) is 0 Å². The molecule has 94 heavy (non-hydrogen) atoms. The van der Waals surface area contributed by atoms with Crippen LogP contribution in [0.1, 0.15) is 179 Å². The minimum absolute atomic E-state index is 0. The van der Waals surface area contributed by atoms with Gasteiger partial charge in [0.25, 0.3) is 0 Å². The second kappa shape index (κ2) is 44.5. The second-order valence-electron chi connectivity index (χ2n) is 26.8. The van der Waals surface area contributed by atoms with Crippen molar-refractivity contribution < 1.29 is 83.6 Å². The summed E-state index contributed by atoms with van der Waals surface area (Å²) in [6.07, 6.45) is 4.49. The minimum atomic E-state index is -1.64. The Labute approximate surface area is 586 Å². The normalized spacial score (nSPS) is 24.9. The number of hydrogen-bond acceptors (Lipinski definition) is 14. The van der Waals surface area contributed by atoms with Gasteiger partial charge in [-0.05, 0) is 116 Å². The molecule has 0 unspecified atom stereocenters. The summed E-state index contributed by atoms with van der Waals surface area (Å²) in [5, 5.41) is 23.1. The third-order valence-corrected chi connectivity index (χ3v) is 16.8. The molecule has 24 nitrogen and oxygen atoms in total. The SMILES string of the molecule is C.C.C.C/C=C/C[C@@H](C)[C@@H](O)[C@H]1C(=O)N[C@@H](CC)C(=O)N(C)[CH-]C(=O)N(C)[C@@H](CC(C)(C)OCSC)C(=O)N[C@@H](C(C)C)C(=O)N(C)[C@@H](CC(C)C)C(=O)N[C@@H](C)C(=O)N[C@H](C)C(=O)N(C)[C@@H](CC(C)C)C(=O)N(C)[C@@H](CC(C)C)C(=O)N(C)[C@@H](C(C)C)C(=O)N1C.[CH3-].[W+2]. The molecular weight excluding hydrogens is 1390 g/mol. The smallest absolute Gasteiger partial charge is 0.469 e. The number of thioether (sulfide) groups is 1. The minimum Gasteiger partial charge on any atom is -0.469 e. The van der Waals surface area contributed by atoms with Crippen molar-refractivity contribution >= 4 is 76.7 Å². The Morgan fingerprint density at radius 2 is 0.989 bits per heavy atom. The van der Waals surface area contributed by atoms with E-state index in [9.17, 15) is 48.3 Å².